The molecule has 0 saturated carbocycles. The average Bonchev–Trinajstić information content (AvgIpc) is 3.04. The monoisotopic (exact) mass is 349 g/mol. The normalized spacial score (nSPS) is 13.5. The van der Waals surface area contributed by atoms with E-state index in [4.69, 9.17) is 9.47 Å². The molecule has 1 N–H and O–H groups in total. The number of carbonyl (C=O) groups is 1. The van der Waals surface area contributed by atoms with Gasteiger partial charge in [0.15, 0.2) is 0 Å². The van der Waals surface area contributed by atoms with Crippen LogP contribution in [0.25, 0.3) is 10.9 Å². The van der Waals surface area contributed by atoms with Gasteiger partial charge in [-0.15, -0.1) is 0 Å². The number of ether oxygens (including phenoxy) is 2. The number of H-pyrrole nitrogens is 1. The van der Waals surface area contributed by atoms with E-state index >= 15 is 0 Å². The van der Waals surface area contributed by atoms with Crippen LogP contribution < -0.4 is 4.74 Å². The second kappa shape index (κ2) is 6.87. The summed E-state index contributed by atoms with van der Waals surface area (Å²) >= 11 is 0. The number of fused-ring (bicyclic) bond motifs is 3. The van der Waals surface area contributed by atoms with Gasteiger partial charge in [-0.1, -0.05) is 11.6 Å². The highest BCUT2D eigenvalue weighted by molar-refractivity contribution is 5.96. The van der Waals surface area contributed by atoms with Crippen molar-refractivity contribution in [2.75, 3.05) is 7.11 Å². The Morgan fingerprint density at radius 1 is 1.12 bits per heavy atom. The van der Waals surface area contributed by atoms with Crippen LogP contribution in [0.2, 0.25) is 0 Å². The number of esters is 1. The summed E-state index contributed by atoms with van der Waals surface area (Å²) in [7, 11) is 1.62. The van der Waals surface area contributed by atoms with Gasteiger partial charge in [-0.3, -0.25) is 0 Å². The lowest BCUT2D eigenvalue weighted by Gasteiger charge is -2.11. The number of aromatic nitrogens is 1. The Kier molecular flexibility index (Phi) is 4.41. The van der Waals surface area contributed by atoms with Gasteiger partial charge in [0.2, 0.25) is 0 Å². The van der Waals surface area contributed by atoms with Gasteiger partial charge in [0.05, 0.1) is 12.7 Å². The zero-order valence-electron chi connectivity index (χ0n) is 15.2. The van der Waals surface area contributed by atoms with Gasteiger partial charge in [0.1, 0.15) is 12.4 Å². The minimum atomic E-state index is -0.304. The molecule has 3 aromatic rings. The molecule has 134 valence electrons. The molecular weight excluding hydrogens is 326 g/mol. The highest BCUT2D eigenvalue weighted by Crippen LogP contribution is 2.30. The summed E-state index contributed by atoms with van der Waals surface area (Å²) < 4.78 is 10.9. The van der Waals surface area contributed by atoms with Crippen molar-refractivity contribution >= 4 is 16.9 Å². The standard InChI is InChI=1S/C22H23NO3/c1-14-7-10-21(25-2)16(11-14)13-26-22(24)15-8-9-20-18(12-15)17-5-3-4-6-19(17)23-20/h7-12,23H,3-6,13H2,1-2H3. The van der Waals surface area contributed by atoms with Crippen LogP contribution in [0, 0.1) is 6.92 Å². The minimum Gasteiger partial charge on any atom is -0.496 e. The predicted octanol–water partition coefficient (Wildman–Crippen LogP) is 4.72. The third kappa shape index (κ3) is 3.07. The molecule has 0 bridgehead atoms. The quantitative estimate of drug-likeness (QED) is 0.693. The van der Waals surface area contributed by atoms with Crippen LogP contribution in [-0.4, -0.2) is 18.1 Å². The second-order valence-electron chi connectivity index (χ2n) is 6.94. The number of hydrogen-bond acceptors (Lipinski definition) is 3. The largest absolute Gasteiger partial charge is 0.496 e. The van der Waals surface area contributed by atoms with Gasteiger partial charge in [-0.05, 0) is 68.5 Å². The lowest BCUT2D eigenvalue weighted by Crippen LogP contribution is -2.06. The highest BCUT2D eigenvalue weighted by atomic mass is 16.5. The number of rotatable bonds is 4. The zero-order chi connectivity index (χ0) is 18.1. The molecule has 0 atom stereocenters. The molecule has 2 aromatic carbocycles. The number of aryl methyl sites for hydroxylation is 3. The first-order valence-corrected chi connectivity index (χ1v) is 9.10. The maximum Gasteiger partial charge on any atom is 0.338 e. The summed E-state index contributed by atoms with van der Waals surface area (Å²) in [6, 6.07) is 11.6. The summed E-state index contributed by atoms with van der Waals surface area (Å²) in [4.78, 5) is 16.1. The Hall–Kier alpha value is -2.75. The van der Waals surface area contributed by atoms with E-state index in [0.29, 0.717) is 5.56 Å². The molecule has 0 aliphatic heterocycles. The summed E-state index contributed by atoms with van der Waals surface area (Å²) in [6.07, 6.45) is 4.61. The second-order valence-corrected chi connectivity index (χ2v) is 6.94. The molecule has 4 heteroatoms. The SMILES string of the molecule is COc1ccc(C)cc1COC(=O)c1ccc2[nH]c3c(c2c1)CCCC3. The lowest BCUT2D eigenvalue weighted by molar-refractivity contribution is 0.0470. The van der Waals surface area contributed by atoms with E-state index in [-0.39, 0.29) is 12.6 Å². The Balaban J connectivity index is 1.56. The van der Waals surface area contributed by atoms with Gasteiger partial charge < -0.3 is 14.5 Å². The van der Waals surface area contributed by atoms with Crippen molar-refractivity contribution in [1.82, 2.24) is 4.98 Å². The summed E-state index contributed by atoms with van der Waals surface area (Å²) in [5, 5.41) is 1.15. The van der Waals surface area contributed by atoms with E-state index in [1.807, 2.05) is 43.3 Å². The van der Waals surface area contributed by atoms with Gasteiger partial charge in [-0.25, -0.2) is 4.79 Å². The van der Waals surface area contributed by atoms with Crippen LogP contribution in [0.4, 0.5) is 0 Å². The van der Waals surface area contributed by atoms with Gasteiger partial charge in [0, 0.05) is 22.2 Å². The van der Waals surface area contributed by atoms with Gasteiger partial charge in [0.25, 0.3) is 0 Å². The van der Waals surface area contributed by atoms with Crippen LogP contribution in [-0.2, 0) is 24.2 Å². The fourth-order valence-electron chi connectivity index (χ4n) is 3.78. The molecule has 0 unspecified atom stereocenters. The lowest BCUT2D eigenvalue weighted by atomic mass is 9.95. The van der Waals surface area contributed by atoms with E-state index in [1.54, 1.807) is 7.11 Å². The fraction of sp³-hybridized carbons (Fsp3) is 0.318. The smallest absolute Gasteiger partial charge is 0.338 e. The van der Waals surface area contributed by atoms with Crippen LogP contribution >= 0.6 is 0 Å². The number of aromatic amines is 1. The van der Waals surface area contributed by atoms with E-state index < -0.39 is 0 Å². The predicted molar refractivity (Wildman–Crippen MR) is 102 cm³/mol. The Morgan fingerprint density at radius 3 is 2.81 bits per heavy atom. The van der Waals surface area contributed by atoms with Crippen molar-refractivity contribution < 1.29 is 14.3 Å². The molecule has 4 rings (SSSR count). The molecule has 0 saturated heterocycles. The van der Waals surface area contributed by atoms with Crippen LogP contribution in [0.3, 0.4) is 0 Å². The topological polar surface area (TPSA) is 51.3 Å². The Morgan fingerprint density at radius 2 is 1.96 bits per heavy atom. The van der Waals surface area contributed by atoms with Gasteiger partial charge >= 0.3 is 5.97 Å². The number of methoxy groups -OCH3 is 1. The Labute approximate surface area is 153 Å². The number of carbonyl (C=O) groups excluding carboxylic acids is 1. The molecule has 1 heterocycles. The molecule has 0 spiro atoms. The van der Waals surface area contributed by atoms with Crippen molar-refractivity contribution in [3.63, 3.8) is 0 Å². The molecule has 26 heavy (non-hydrogen) atoms. The van der Waals surface area contributed by atoms with E-state index in [2.05, 4.69) is 4.98 Å². The first-order valence-electron chi connectivity index (χ1n) is 9.10. The maximum atomic E-state index is 12.6. The number of benzene rings is 2. The number of nitrogens with one attached hydrogen (secondary N) is 1. The van der Waals surface area contributed by atoms with Crippen LogP contribution in [0.1, 0.15) is 45.6 Å². The third-order valence-corrected chi connectivity index (χ3v) is 5.13. The molecule has 1 aliphatic carbocycles. The zero-order valence-corrected chi connectivity index (χ0v) is 15.2. The minimum absolute atomic E-state index is 0.201. The first kappa shape index (κ1) is 16.7. The molecule has 0 amide bonds. The van der Waals surface area contributed by atoms with Crippen LogP contribution in [0.15, 0.2) is 36.4 Å². The van der Waals surface area contributed by atoms with E-state index in [0.717, 1.165) is 40.6 Å². The molecular formula is C22H23NO3. The number of hydrogen-bond donors (Lipinski definition) is 1. The van der Waals surface area contributed by atoms with Crippen molar-refractivity contribution in [3.8, 4) is 5.75 Å². The molecule has 0 radical (unpaired) electrons. The van der Waals surface area contributed by atoms with Crippen molar-refractivity contribution in [1.29, 1.82) is 0 Å². The molecule has 1 aromatic heterocycles. The maximum absolute atomic E-state index is 12.6. The highest BCUT2D eigenvalue weighted by Gasteiger charge is 2.17. The van der Waals surface area contributed by atoms with Crippen molar-refractivity contribution in [2.24, 2.45) is 0 Å². The summed E-state index contributed by atoms with van der Waals surface area (Å²) in [5.74, 6) is 0.430. The average molecular weight is 349 g/mol. The van der Waals surface area contributed by atoms with Crippen molar-refractivity contribution in [3.05, 3.63) is 64.3 Å². The molecule has 0 fully saturated rings. The van der Waals surface area contributed by atoms with E-state index in [1.165, 1.54) is 24.1 Å². The fourth-order valence-corrected chi connectivity index (χ4v) is 3.78. The van der Waals surface area contributed by atoms with Crippen LogP contribution in [0.5, 0.6) is 5.75 Å². The molecule has 1 aliphatic rings. The third-order valence-electron chi connectivity index (χ3n) is 5.13. The summed E-state index contributed by atoms with van der Waals surface area (Å²) in [5.41, 5.74) is 6.37. The summed E-state index contributed by atoms with van der Waals surface area (Å²) in [6.45, 7) is 2.21. The van der Waals surface area contributed by atoms with Gasteiger partial charge in [-0.2, -0.15) is 0 Å². The molecule has 4 nitrogen and oxygen atoms in total. The first-order chi connectivity index (χ1) is 12.7. The van der Waals surface area contributed by atoms with Crippen molar-refractivity contribution in [2.45, 2.75) is 39.2 Å². The van der Waals surface area contributed by atoms with E-state index in [9.17, 15) is 4.79 Å². The Bertz CT molecular complexity index is 971.